The van der Waals surface area contributed by atoms with Gasteiger partial charge < -0.3 is 14.6 Å². The lowest BCUT2D eigenvalue weighted by Crippen LogP contribution is -2.38. The molecule has 2 fully saturated rings. The van der Waals surface area contributed by atoms with E-state index in [9.17, 15) is 13.2 Å². The van der Waals surface area contributed by atoms with Gasteiger partial charge in [0.25, 0.3) is 15.9 Å². The van der Waals surface area contributed by atoms with Crippen molar-refractivity contribution >= 4 is 15.9 Å². The van der Waals surface area contributed by atoms with Gasteiger partial charge in [-0.2, -0.15) is 4.31 Å². The lowest BCUT2D eigenvalue weighted by atomic mass is 10.1. The van der Waals surface area contributed by atoms with Crippen molar-refractivity contribution in [2.75, 3.05) is 39.3 Å². The number of carbonyl (C=O) groups excluding carboxylic acids is 1. The highest BCUT2D eigenvalue weighted by atomic mass is 32.2. The smallest absolute Gasteiger partial charge is 0.287 e. The zero-order valence-electron chi connectivity index (χ0n) is 16.2. The zero-order chi connectivity index (χ0) is 19.3. The van der Waals surface area contributed by atoms with Crippen LogP contribution in [0.15, 0.2) is 21.6 Å². The number of hydrogen-bond donors (Lipinski definition) is 1. The van der Waals surface area contributed by atoms with Gasteiger partial charge in [-0.3, -0.25) is 4.79 Å². The predicted molar refractivity (Wildman–Crippen MR) is 103 cm³/mol. The first-order valence-corrected chi connectivity index (χ1v) is 11.5. The first kappa shape index (κ1) is 20.4. The Morgan fingerprint density at radius 1 is 1.07 bits per heavy atom. The van der Waals surface area contributed by atoms with Crippen LogP contribution in [-0.2, 0) is 10.0 Å². The summed E-state index contributed by atoms with van der Waals surface area (Å²) in [4.78, 5) is 14.8. The summed E-state index contributed by atoms with van der Waals surface area (Å²) < 4.78 is 32.0. The summed E-state index contributed by atoms with van der Waals surface area (Å²) in [7, 11) is -3.65. The van der Waals surface area contributed by atoms with Crippen LogP contribution in [0.5, 0.6) is 0 Å². The van der Waals surface area contributed by atoms with Gasteiger partial charge in [0.2, 0.25) is 5.09 Å². The summed E-state index contributed by atoms with van der Waals surface area (Å²) >= 11 is 0. The third-order valence-corrected chi connectivity index (χ3v) is 7.12. The van der Waals surface area contributed by atoms with E-state index >= 15 is 0 Å². The molecule has 0 radical (unpaired) electrons. The van der Waals surface area contributed by atoms with Crippen LogP contribution in [-0.4, -0.2) is 62.8 Å². The second-order valence-electron chi connectivity index (χ2n) is 7.76. The SMILES string of the molecule is CC(CNC(=O)c1ccc(S(=O)(=O)N2CCCCC2)o1)CN1CCCCC1. The van der Waals surface area contributed by atoms with Gasteiger partial charge in [0.1, 0.15) is 0 Å². The Bertz CT molecular complexity index is 719. The number of rotatable bonds is 7. The maximum Gasteiger partial charge on any atom is 0.287 e. The van der Waals surface area contributed by atoms with Gasteiger partial charge in [-0.25, -0.2) is 8.42 Å². The maximum atomic E-state index is 12.6. The Labute approximate surface area is 162 Å². The van der Waals surface area contributed by atoms with Crippen molar-refractivity contribution in [3.05, 3.63) is 17.9 Å². The highest BCUT2D eigenvalue weighted by molar-refractivity contribution is 7.89. The number of nitrogens with one attached hydrogen (secondary N) is 1. The molecule has 3 heterocycles. The number of likely N-dealkylation sites (tertiary alicyclic amines) is 1. The van der Waals surface area contributed by atoms with Crippen molar-refractivity contribution in [2.24, 2.45) is 5.92 Å². The van der Waals surface area contributed by atoms with Crippen molar-refractivity contribution in [1.82, 2.24) is 14.5 Å². The molecule has 1 unspecified atom stereocenters. The van der Waals surface area contributed by atoms with Crippen molar-refractivity contribution in [2.45, 2.75) is 50.5 Å². The molecular formula is C19H31N3O4S. The molecule has 152 valence electrons. The van der Waals surface area contributed by atoms with Gasteiger partial charge in [0, 0.05) is 26.2 Å². The molecule has 0 aromatic carbocycles. The van der Waals surface area contributed by atoms with Gasteiger partial charge in [-0.1, -0.05) is 19.8 Å². The molecule has 0 saturated carbocycles. The summed E-state index contributed by atoms with van der Waals surface area (Å²) in [6.07, 6.45) is 6.58. The number of furan rings is 1. The highest BCUT2D eigenvalue weighted by Crippen LogP contribution is 2.22. The van der Waals surface area contributed by atoms with Gasteiger partial charge in [0.15, 0.2) is 5.76 Å². The molecule has 0 bridgehead atoms. The summed E-state index contributed by atoms with van der Waals surface area (Å²) in [5, 5.41) is 2.72. The molecule has 1 atom stereocenters. The summed E-state index contributed by atoms with van der Waals surface area (Å²) in [5.41, 5.74) is 0. The topological polar surface area (TPSA) is 82.9 Å². The molecule has 3 rings (SSSR count). The molecule has 1 aromatic heterocycles. The van der Waals surface area contributed by atoms with Gasteiger partial charge in [-0.05, 0) is 56.8 Å². The Hall–Kier alpha value is -1.38. The standard InChI is InChI=1S/C19H31N3O4S/c1-16(15-21-10-4-2-5-11-21)14-20-19(23)17-8-9-18(26-17)27(24,25)22-12-6-3-7-13-22/h8-9,16H,2-7,10-15H2,1H3,(H,20,23). The summed E-state index contributed by atoms with van der Waals surface area (Å²) in [6.45, 7) is 6.92. The van der Waals surface area contributed by atoms with Crippen LogP contribution < -0.4 is 5.32 Å². The van der Waals surface area contributed by atoms with E-state index in [0.717, 1.165) is 38.9 Å². The van der Waals surface area contributed by atoms with Crippen LogP contribution in [0.3, 0.4) is 0 Å². The normalized spacial score (nSPS) is 21.1. The number of hydrogen-bond acceptors (Lipinski definition) is 5. The van der Waals surface area contributed by atoms with E-state index in [2.05, 4.69) is 17.1 Å². The largest absolute Gasteiger partial charge is 0.438 e. The van der Waals surface area contributed by atoms with Crippen LogP contribution in [0.1, 0.15) is 56.0 Å². The molecular weight excluding hydrogens is 366 g/mol. The molecule has 1 aromatic rings. The molecule has 2 aliphatic heterocycles. The fraction of sp³-hybridized carbons (Fsp3) is 0.737. The third-order valence-electron chi connectivity index (χ3n) is 5.34. The van der Waals surface area contributed by atoms with Crippen molar-refractivity contribution in [3.8, 4) is 0 Å². The van der Waals surface area contributed by atoms with Gasteiger partial charge in [-0.15, -0.1) is 0 Å². The molecule has 27 heavy (non-hydrogen) atoms. The number of carbonyl (C=O) groups is 1. The minimum atomic E-state index is -3.65. The monoisotopic (exact) mass is 397 g/mol. The fourth-order valence-electron chi connectivity index (χ4n) is 3.81. The third kappa shape index (κ3) is 5.33. The Balaban J connectivity index is 1.52. The Kier molecular flexibility index (Phi) is 6.94. The van der Waals surface area contributed by atoms with E-state index < -0.39 is 10.0 Å². The molecule has 0 spiro atoms. The van der Waals surface area contributed by atoms with Gasteiger partial charge >= 0.3 is 0 Å². The molecule has 2 saturated heterocycles. The van der Waals surface area contributed by atoms with Crippen molar-refractivity contribution < 1.29 is 17.6 Å². The van der Waals surface area contributed by atoms with Crippen LogP contribution >= 0.6 is 0 Å². The zero-order valence-corrected chi connectivity index (χ0v) is 17.0. The molecule has 0 aliphatic carbocycles. The average Bonchev–Trinajstić information content (AvgIpc) is 3.19. The number of piperidine rings is 2. The highest BCUT2D eigenvalue weighted by Gasteiger charge is 2.29. The van der Waals surface area contributed by atoms with E-state index in [1.54, 1.807) is 0 Å². The Morgan fingerprint density at radius 2 is 1.70 bits per heavy atom. The summed E-state index contributed by atoms with van der Waals surface area (Å²) in [5.74, 6) is 0.0231. The molecule has 7 nitrogen and oxygen atoms in total. The van der Waals surface area contributed by atoms with E-state index in [-0.39, 0.29) is 16.8 Å². The first-order valence-electron chi connectivity index (χ1n) is 10.1. The van der Waals surface area contributed by atoms with Gasteiger partial charge in [0.05, 0.1) is 0 Å². The predicted octanol–water partition coefficient (Wildman–Crippen LogP) is 2.31. The van der Waals surface area contributed by atoms with Crippen molar-refractivity contribution in [1.29, 1.82) is 0 Å². The second-order valence-corrected chi connectivity index (χ2v) is 9.63. The minimum absolute atomic E-state index is 0.0516. The molecule has 1 N–H and O–H groups in total. The van der Waals surface area contributed by atoms with Crippen LogP contribution in [0.2, 0.25) is 0 Å². The van der Waals surface area contributed by atoms with E-state index in [1.807, 2.05) is 0 Å². The lowest BCUT2D eigenvalue weighted by Gasteiger charge is -2.29. The summed E-state index contributed by atoms with van der Waals surface area (Å²) in [6, 6.07) is 2.83. The van der Waals surface area contributed by atoms with E-state index in [4.69, 9.17) is 4.42 Å². The van der Waals surface area contributed by atoms with E-state index in [1.165, 1.54) is 35.7 Å². The molecule has 1 amide bonds. The average molecular weight is 398 g/mol. The maximum absolute atomic E-state index is 12.6. The van der Waals surface area contributed by atoms with Crippen LogP contribution in [0, 0.1) is 5.92 Å². The fourth-order valence-corrected chi connectivity index (χ4v) is 5.24. The first-order chi connectivity index (χ1) is 13.0. The van der Waals surface area contributed by atoms with Crippen LogP contribution in [0.25, 0.3) is 0 Å². The molecule has 8 heteroatoms. The van der Waals surface area contributed by atoms with Crippen molar-refractivity contribution in [3.63, 3.8) is 0 Å². The lowest BCUT2D eigenvalue weighted by molar-refractivity contribution is 0.0909. The number of nitrogens with zero attached hydrogens (tertiary/aromatic N) is 2. The van der Waals surface area contributed by atoms with Crippen LogP contribution in [0.4, 0.5) is 0 Å². The molecule has 2 aliphatic rings. The number of sulfonamides is 1. The van der Waals surface area contributed by atoms with E-state index in [0.29, 0.717) is 25.6 Å². The quantitative estimate of drug-likeness (QED) is 0.763. The Morgan fingerprint density at radius 3 is 2.37 bits per heavy atom. The number of amides is 1. The second kappa shape index (κ2) is 9.21. The minimum Gasteiger partial charge on any atom is -0.438 e.